The van der Waals surface area contributed by atoms with Gasteiger partial charge in [-0.3, -0.25) is 4.79 Å². The van der Waals surface area contributed by atoms with Crippen LogP contribution in [0.1, 0.15) is 50.9 Å². The third kappa shape index (κ3) is 4.38. The molecule has 0 saturated heterocycles. The monoisotopic (exact) mass is 702 g/mol. The molecule has 0 heterocycles. The van der Waals surface area contributed by atoms with Crippen LogP contribution in [-0.2, 0) is 26.2 Å². The number of benzene rings is 6. The van der Waals surface area contributed by atoms with Crippen LogP contribution in [0.2, 0.25) is 5.02 Å². The van der Waals surface area contributed by atoms with Gasteiger partial charge in [-0.15, -0.1) is 0 Å². The highest BCUT2D eigenvalue weighted by Crippen LogP contribution is 2.60. The first-order valence-corrected chi connectivity index (χ1v) is 17.4. The predicted octanol–water partition coefficient (Wildman–Crippen LogP) is 8.21. The lowest BCUT2D eigenvalue weighted by Gasteiger charge is -2.53. The molecule has 2 N–H and O–H groups in total. The lowest BCUT2D eigenvalue weighted by Crippen LogP contribution is -2.57. The predicted molar refractivity (Wildman–Crippen MR) is 197 cm³/mol. The van der Waals surface area contributed by atoms with Gasteiger partial charge >= 0.3 is 11.9 Å². The average molecular weight is 703 g/mol. The Morgan fingerprint density at radius 1 is 0.635 bits per heavy atom. The molecule has 3 unspecified atom stereocenters. The second-order valence-electron chi connectivity index (χ2n) is 13.6. The zero-order valence-corrected chi connectivity index (χ0v) is 28.5. The van der Waals surface area contributed by atoms with Crippen molar-refractivity contribution < 1.29 is 29.3 Å². The normalized spacial score (nSPS) is 21.2. The van der Waals surface area contributed by atoms with Crippen LogP contribution in [-0.4, -0.2) is 22.2 Å². The molecule has 52 heavy (non-hydrogen) atoms. The molecule has 7 heteroatoms. The zero-order chi connectivity index (χ0) is 35.8. The molecule has 4 aliphatic rings. The highest BCUT2D eigenvalue weighted by atomic mass is 35.5. The van der Waals surface area contributed by atoms with Gasteiger partial charge in [-0.2, -0.15) is 0 Å². The van der Waals surface area contributed by atoms with Crippen LogP contribution in [0.4, 0.5) is 0 Å². The van der Waals surface area contributed by atoms with Crippen molar-refractivity contribution in [3.05, 3.63) is 202 Å². The van der Waals surface area contributed by atoms with E-state index in [2.05, 4.69) is 30.8 Å². The lowest BCUT2D eigenvalue weighted by molar-refractivity contribution is -0.157. The SMILES string of the molecule is C=CC(=O)Oc1ccc(C2(c3ccc(OC(=O)C4CC5(O)c6ccccc6C4(O)c4ccc(Cl)cc45)cc3)c3ccccc3-c3ccccc32)cc1. The van der Waals surface area contributed by atoms with E-state index < -0.39 is 34.5 Å². The number of rotatable bonds is 6. The fourth-order valence-corrected chi connectivity index (χ4v) is 9.04. The van der Waals surface area contributed by atoms with Gasteiger partial charge in [-0.05, 0) is 92.0 Å². The summed E-state index contributed by atoms with van der Waals surface area (Å²) in [5.41, 5.74) is 4.22. The lowest BCUT2D eigenvalue weighted by atomic mass is 9.54. The van der Waals surface area contributed by atoms with Crippen molar-refractivity contribution >= 4 is 23.5 Å². The van der Waals surface area contributed by atoms with Gasteiger partial charge in [-0.25, -0.2) is 4.79 Å². The molecular weight excluding hydrogens is 672 g/mol. The number of esters is 2. The van der Waals surface area contributed by atoms with Gasteiger partial charge in [0, 0.05) is 17.5 Å². The molecule has 4 aliphatic carbocycles. The highest BCUT2D eigenvalue weighted by molar-refractivity contribution is 6.30. The summed E-state index contributed by atoms with van der Waals surface area (Å²) in [5.74, 6) is -1.57. The van der Waals surface area contributed by atoms with E-state index >= 15 is 0 Å². The van der Waals surface area contributed by atoms with E-state index in [0.29, 0.717) is 38.8 Å². The fourth-order valence-electron chi connectivity index (χ4n) is 8.86. The van der Waals surface area contributed by atoms with E-state index in [1.54, 1.807) is 66.7 Å². The molecule has 0 amide bonds. The third-order valence-electron chi connectivity index (χ3n) is 11.0. The van der Waals surface area contributed by atoms with Gasteiger partial charge in [0.25, 0.3) is 0 Å². The number of hydrogen-bond acceptors (Lipinski definition) is 6. The van der Waals surface area contributed by atoms with Crippen LogP contribution in [0.25, 0.3) is 11.1 Å². The van der Waals surface area contributed by atoms with E-state index in [9.17, 15) is 19.8 Å². The third-order valence-corrected chi connectivity index (χ3v) is 11.3. The van der Waals surface area contributed by atoms with Crippen molar-refractivity contribution in [2.45, 2.75) is 23.0 Å². The molecular formula is C45H31ClO6. The molecule has 6 nitrogen and oxygen atoms in total. The summed E-state index contributed by atoms with van der Waals surface area (Å²) in [6.45, 7) is 3.49. The number of ether oxygens (including phenoxy) is 2. The van der Waals surface area contributed by atoms with Gasteiger partial charge in [0.05, 0.1) is 11.3 Å². The van der Waals surface area contributed by atoms with Crippen LogP contribution >= 0.6 is 11.6 Å². The first-order chi connectivity index (χ1) is 25.2. The van der Waals surface area contributed by atoms with Gasteiger partial charge in [0.1, 0.15) is 22.7 Å². The molecule has 254 valence electrons. The van der Waals surface area contributed by atoms with Crippen molar-refractivity contribution in [3.63, 3.8) is 0 Å². The molecule has 6 aromatic carbocycles. The first kappa shape index (κ1) is 32.1. The Morgan fingerprint density at radius 3 is 1.71 bits per heavy atom. The summed E-state index contributed by atoms with van der Waals surface area (Å²) in [5, 5.41) is 25.1. The molecule has 0 saturated carbocycles. The number of aliphatic hydroxyl groups is 2. The van der Waals surface area contributed by atoms with Crippen LogP contribution in [0.3, 0.4) is 0 Å². The van der Waals surface area contributed by atoms with Gasteiger partial charge in [-0.1, -0.05) is 121 Å². The molecule has 3 atom stereocenters. The Bertz CT molecular complexity index is 2410. The summed E-state index contributed by atoms with van der Waals surface area (Å²) in [6.07, 6.45) is 1.06. The highest BCUT2D eigenvalue weighted by Gasteiger charge is 2.62. The van der Waals surface area contributed by atoms with Crippen LogP contribution in [0.15, 0.2) is 152 Å². The number of carbonyl (C=O) groups is 2. The largest absolute Gasteiger partial charge is 0.426 e. The zero-order valence-electron chi connectivity index (χ0n) is 27.8. The summed E-state index contributed by atoms with van der Waals surface area (Å²) >= 11 is 6.34. The molecule has 2 bridgehead atoms. The summed E-state index contributed by atoms with van der Waals surface area (Å²) < 4.78 is 11.4. The van der Waals surface area contributed by atoms with Gasteiger partial charge < -0.3 is 19.7 Å². The van der Waals surface area contributed by atoms with Crippen molar-refractivity contribution in [3.8, 4) is 22.6 Å². The van der Waals surface area contributed by atoms with Crippen molar-refractivity contribution in [2.24, 2.45) is 5.92 Å². The van der Waals surface area contributed by atoms with Gasteiger partial charge in [0.15, 0.2) is 0 Å². The number of fused-ring (bicyclic) bond motifs is 4. The number of hydrogen-bond donors (Lipinski definition) is 2. The minimum atomic E-state index is -1.73. The minimum Gasteiger partial charge on any atom is -0.426 e. The molecule has 0 aromatic heterocycles. The van der Waals surface area contributed by atoms with Crippen molar-refractivity contribution in [1.82, 2.24) is 0 Å². The first-order valence-electron chi connectivity index (χ1n) is 17.0. The summed E-state index contributed by atoms with van der Waals surface area (Å²) in [6, 6.07) is 43.6. The summed E-state index contributed by atoms with van der Waals surface area (Å²) in [7, 11) is 0. The number of carbonyl (C=O) groups excluding carboxylic acids is 2. The van der Waals surface area contributed by atoms with E-state index in [0.717, 1.165) is 39.5 Å². The number of halogens is 1. The fraction of sp³-hybridized carbons (Fsp3) is 0.111. The molecule has 10 rings (SSSR count). The molecule has 0 radical (unpaired) electrons. The Labute approximate surface area is 305 Å². The molecule has 0 aliphatic heterocycles. The Balaban J connectivity index is 1.11. The second-order valence-corrected chi connectivity index (χ2v) is 14.0. The topological polar surface area (TPSA) is 93.1 Å². The Morgan fingerprint density at radius 2 is 1.13 bits per heavy atom. The quantitative estimate of drug-likeness (QED) is 0.103. The van der Waals surface area contributed by atoms with Crippen LogP contribution in [0, 0.1) is 5.92 Å². The molecule has 6 aromatic rings. The van der Waals surface area contributed by atoms with Crippen molar-refractivity contribution in [2.75, 3.05) is 0 Å². The van der Waals surface area contributed by atoms with E-state index in [-0.39, 0.29) is 6.42 Å². The Hall–Kier alpha value is -5.79. The molecule has 0 fully saturated rings. The van der Waals surface area contributed by atoms with E-state index in [4.69, 9.17) is 21.1 Å². The van der Waals surface area contributed by atoms with Gasteiger partial charge in [0.2, 0.25) is 0 Å². The van der Waals surface area contributed by atoms with Crippen LogP contribution < -0.4 is 9.47 Å². The standard InChI is InChI=1S/C45H31ClO6/c1-2-41(47)51-30-20-15-27(16-21-30)44(34-11-5-3-9-32(34)33-10-4-6-12-35(33)44)28-17-22-31(23-18-28)52-42(48)40-26-43(49)36-13-7-8-14-37(36)45(40,50)38-24-19-29(46)25-39(38)43/h2-25,40,49-50H,1,26H2. The smallest absolute Gasteiger partial charge is 0.335 e. The molecule has 0 spiro atoms. The van der Waals surface area contributed by atoms with E-state index in [1.165, 1.54) is 0 Å². The maximum Gasteiger partial charge on any atom is 0.335 e. The van der Waals surface area contributed by atoms with Crippen molar-refractivity contribution in [1.29, 1.82) is 0 Å². The van der Waals surface area contributed by atoms with E-state index in [1.807, 2.05) is 48.5 Å². The maximum absolute atomic E-state index is 14.1. The average Bonchev–Trinajstić information content (AvgIpc) is 3.47. The summed E-state index contributed by atoms with van der Waals surface area (Å²) in [4.78, 5) is 26.0. The second kappa shape index (κ2) is 11.6. The Kier molecular flexibility index (Phi) is 7.18. The maximum atomic E-state index is 14.1. The minimum absolute atomic E-state index is 0.0699. The van der Waals surface area contributed by atoms with Crippen LogP contribution in [0.5, 0.6) is 11.5 Å².